The van der Waals surface area contributed by atoms with E-state index in [2.05, 4.69) is 9.88 Å². The van der Waals surface area contributed by atoms with Gasteiger partial charge in [-0.05, 0) is 43.2 Å². The van der Waals surface area contributed by atoms with Crippen LogP contribution in [0, 0.1) is 0 Å². The second-order valence-electron chi connectivity index (χ2n) is 7.87. The van der Waals surface area contributed by atoms with Crippen LogP contribution in [0.15, 0.2) is 36.5 Å². The summed E-state index contributed by atoms with van der Waals surface area (Å²) in [5, 5.41) is -0.265. The van der Waals surface area contributed by atoms with Crippen molar-refractivity contribution in [1.82, 2.24) is 14.8 Å². The van der Waals surface area contributed by atoms with Gasteiger partial charge < -0.3 is 19.1 Å². The molecule has 0 N–H and O–H groups in total. The van der Waals surface area contributed by atoms with Crippen molar-refractivity contribution in [2.75, 3.05) is 39.3 Å². The van der Waals surface area contributed by atoms with Crippen LogP contribution in [-0.2, 0) is 10.9 Å². The zero-order valence-electron chi connectivity index (χ0n) is 17.7. The number of carbonyl (C=O) groups is 1. The molecule has 0 spiro atoms. The van der Waals surface area contributed by atoms with E-state index in [1.807, 2.05) is 0 Å². The lowest BCUT2D eigenvalue weighted by molar-refractivity contribution is -0.137. The van der Waals surface area contributed by atoms with Crippen LogP contribution < -0.4 is 9.47 Å². The van der Waals surface area contributed by atoms with E-state index < -0.39 is 17.8 Å². The van der Waals surface area contributed by atoms with Gasteiger partial charge in [-0.25, -0.2) is 9.78 Å². The topological polar surface area (TPSA) is 64.1 Å². The van der Waals surface area contributed by atoms with E-state index in [1.54, 1.807) is 4.90 Å². The number of aromatic nitrogens is 1. The summed E-state index contributed by atoms with van der Waals surface area (Å²) in [7, 11) is 0. The smallest absolute Gasteiger partial charge is 0.417 e. The number of hydrogen-bond acceptors (Lipinski definition) is 6. The summed E-state index contributed by atoms with van der Waals surface area (Å²) in [5.41, 5.74) is -0.963. The second-order valence-corrected chi connectivity index (χ2v) is 8.28. The minimum atomic E-state index is -4.54. The zero-order valence-corrected chi connectivity index (χ0v) is 18.4. The van der Waals surface area contributed by atoms with E-state index in [1.165, 1.54) is 24.3 Å². The summed E-state index contributed by atoms with van der Waals surface area (Å²) in [6.45, 7) is 4.40. The molecule has 33 heavy (non-hydrogen) atoms. The molecule has 4 rings (SSSR count). The maximum Gasteiger partial charge on any atom is 0.417 e. The van der Waals surface area contributed by atoms with Crippen LogP contribution >= 0.6 is 11.6 Å². The Morgan fingerprint density at radius 3 is 2.45 bits per heavy atom. The largest absolute Gasteiger partial charge is 0.438 e. The minimum absolute atomic E-state index is 0.157. The summed E-state index contributed by atoms with van der Waals surface area (Å²) in [6, 6.07) is 6.83. The molecule has 1 atom stereocenters. The molecule has 2 aliphatic heterocycles. The lowest BCUT2D eigenvalue weighted by atomic mass is 10.2. The zero-order chi connectivity index (χ0) is 23.4. The van der Waals surface area contributed by atoms with Crippen LogP contribution in [0.2, 0.25) is 5.02 Å². The number of rotatable bonds is 5. The number of carbonyl (C=O) groups excluding carboxylic acids is 1. The van der Waals surface area contributed by atoms with Gasteiger partial charge in [-0.2, -0.15) is 13.2 Å². The van der Waals surface area contributed by atoms with Gasteiger partial charge >= 0.3 is 12.3 Å². The number of ether oxygens (including phenoxy) is 3. The molecule has 0 radical (unpaired) electrons. The van der Waals surface area contributed by atoms with Gasteiger partial charge in [-0.15, -0.1) is 0 Å². The van der Waals surface area contributed by atoms with E-state index in [0.717, 1.165) is 45.1 Å². The van der Waals surface area contributed by atoms with Crippen LogP contribution in [0.25, 0.3) is 0 Å². The van der Waals surface area contributed by atoms with Crippen LogP contribution in [0.5, 0.6) is 17.4 Å². The predicted molar refractivity (Wildman–Crippen MR) is 114 cm³/mol. The third kappa shape index (κ3) is 6.27. The number of nitrogens with zero attached hydrogens (tertiary/aromatic N) is 3. The van der Waals surface area contributed by atoms with E-state index in [0.29, 0.717) is 25.0 Å². The third-order valence-corrected chi connectivity index (χ3v) is 5.77. The molecule has 0 bridgehead atoms. The quantitative estimate of drug-likeness (QED) is 0.604. The molecule has 0 aliphatic carbocycles. The molecule has 1 aromatic heterocycles. The lowest BCUT2D eigenvalue weighted by Crippen LogP contribution is -2.51. The molecule has 1 amide bonds. The standard InChI is InChI=1S/C22H23ClF3N3O4/c23-19-12-15(22(24,25)26)13-27-20(19)32-16-3-5-17(6-4-16)33-21(30)29-9-7-28(8-10-29)14-18-2-1-11-31-18/h3-6,12-13,18H,1-2,7-11,14H2. The average Bonchev–Trinajstić information content (AvgIpc) is 3.29. The Morgan fingerprint density at radius 1 is 1.15 bits per heavy atom. The number of halogens is 4. The fraction of sp³-hybridized carbons (Fsp3) is 0.455. The maximum absolute atomic E-state index is 12.7. The fourth-order valence-electron chi connectivity index (χ4n) is 3.70. The highest BCUT2D eigenvalue weighted by Gasteiger charge is 2.32. The number of pyridine rings is 1. The molecule has 1 aromatic carbocycles. The van der Waals surface area contributed by atoms with E-state index in [-0.39, 0.29) is 22.8 Å². The summed E-state index contributed by atoms with van der Waals surface area (Å²) in [5.74, 6) is 0.447. The molecular weight excluding hydrogens is 463 g/mol. The SMILES string of the molecule is O=C(Oc1ccc(Oc2ncc(C(F)(F)F)cc2Cl)cc1)N1CCN(CC2CCCO2)CC1. The molecule has 2 fully saturated rings. The minimum Gasteiger partial charge on any atom is -0.438 e. The van der Waals surface area contributed by atoms with Crippen LogP contribution in [0.1, 0.15) is 18.4 Å². The first-order valence-electron chi connectivity index (χ1n) is 10.6. The highest BCUT2D eigenvalue weighted by atomic mass is 35.5. The first kappa shape index (κ1) is 23.6. The highest BCUT2D eigenvalue weighted by Crippen LogP contribution is 2.35. The summed E-state index contributed by atoms with van der Waals surface area (Å²) < 4.78 is 54.7. The fourth-order valence-corrected chi connectivity index (χ4v) is 3.90. The van der Waals surface area contributed by atoms with Crippen LogP contribution in [-0.4, -0.2) is 66.3 Å². The number of hydrogen-bond donors (Lipinski definition) is 0. The first-order chi connectivity index (χ1) is 15.8. The molecule has 2 aromatic rings. The van der Waals surface area contributed by atoms with Crippen molar-refractivity contribution in [3.05, 3.63) is 47.1 Å². The average molecular weight is 486 g/mol. The molecule has 2 saturated heterocycles. The van der Waals surface area contributed by atoms with Gasteiger partial charge in [0.2, 0.25) is 5.88 Å². The van der Waals surface area contributed by atoms with Crippen molar-refractivity contribution in [2.24, 2.45) is 0 Å². The van der Waals surface area contributed by atoms with Gasteiger partial charge in [-0.1, -0.05) is 11.6 Å². The van der Waals surface area contributed by atoms with E-state index in [4.69, 9.17) is 25.8 Å². The van der Waals surface area contributed by atoms with Crippen molar-refractivity contribution in [3.63, 3.8) is 0 Å². The normalized spacial score (nSPS) is 19.5. The molecular formula is C22H23ClF3N3O4. The Hall–Kier alpha value is -2.56. The number of benzene rings is 1. The molecule has 178 valence electrons. The van der Waals surface area contributed by atoms with Crippen molar-refractivity contribution < 1.29 is 32.2 Å². The third-order valence-electron chi connectivity index (χ3n) is 5.49. The molecule has 7 nitrogen and oxygen atoms in total. The van der Waals surface area contributed by atoms with Gasteiger partial charge in [-0.3, -0.25) is 4.90 Å². The summed E-state index contributed by atoms with van der Waals surface area (Å²) in [6.07, 6.45) is -1.85. The van der Waals surface area contributed by atoms with Crippen LogP contribution in [0.3, 0.4) is 0 Å². The summed E-state index contributed by atoms with van der Waals surface area (Å²) in [4.78, 5) is 20.0. The maximum atomic E-state index is 12.7. The Bertz CT molecular complexity index is 960. The van der Waals surface area contributed by atoms with Gasteiger partial charge in [0.15, 0.2) is 0 Å². The molecule has 2 aliphatic rings. The van der Waals surface area contributed by atoms with Crippen molar-refractivity contribution >= 4 is 17.7 Å². The number of piperazine rings is 1. The Morgan fingerprint density at radius 2 is 1.85 bits per heavy atom. The van der Waals surface area contributed by atoms with Gasteiger partial charge in [0.25, 0.3) is 0 Å². The molecule has 1 unspecified atom stereocenters. The monoisotopic (exact) mass is 485 g/mol. The van der Waals surface area contributed by atoms with Crippen molar-refractivity contribution in [1.29, 1.82) is 0 Å². The van der Waals surface area contributed by atoms with E-state index >= 15 is 0 Å². The second kappa shape index (κ2) is 10.1. The van der Waals surface area contributed by atoms with Gasteiger partial charge in [0.1, 0.15) is 16.5 Å². The highest BCUT2D eigenvalue weighted by molar-refractivity contribution is 6.31. The van der Waals surface area contributed by atoms with Crippen molar-refractivity contribution in [3.8, 4) is 17.4 Å². The molecule has 0 saturated carbocycles. The first-order valence-corrected chi connectivity index (χ1v) is 11.0. The van der Waals surface area contributed by atoms with E-state index in [9.17, 15) is 18.0 Å². The molecule has 3 heterocycles. The number of alkyl halides is 3. The van der Waals surface area contributed by atoms with Gasteiger partial charge in [0.05, 0.1) is 11.7 Å². The molecule has 11 heteroatoms. The number of amides is 1. The predicted octanol–water partition coefficient (Wildman–Crippen LogP) is 4.84. The van der Waals surface area contributed by atoms with Crippen molar-refractivity contribution in [2.45, 2.75) is 25.1 Å². The Kier molecular flexibility index (Phi) is 7.26. The lowest BCUT2D eigenvalue weighted by Gasteiger charge is -2.35. The summed E-state index contributed by atoms with van der Waals surface area (Å²) >= 11 is 5.86. The Labute approximate surface area is 194 Å². The van der Waals surface area contributed by atoms with Gasteiger partial charge in [0, 0.05) is 45.5 Å². The van der Waals surface area contributed by atoms with Crippen LogP contribution in [0.4, 0.5) is 18.0 Å². The Balaban J connectivity index is 1.27.